The van der Waals surface area contributed by atoms with Crippen molar-refractivity contribution in [1.29, 1.82) is 0 Å². The van der Waals surface area contributed by atoms with Crippen LogP contribution >= 0.6 is 11.3 Å². The maximum Gasteiger partial charge on any atom is 0.261 e. The van der Waals surface area contributed by atoms with E-state index in [2.05, 4.69) is 9.97 Å². The number of H-pyrrole nitrogens is 1. The van der Waals surface area contributed by atoms with Crippen molar-refractivity contribution in [3.8, 4) is 11.6 Å². The molecule has 26 heavy (non-hydrogen) atoms. The smallest absolute Gasteiger partial charge is 0.261 e. The minimum atomic E-state index is -0.259. The number of carbonyl (C=O) groups is 2. The Balaban J connectivity index is 1.74. The van der Waals surface area contributed by atoms with E-state index in [1.165, 1.54) is 16.2 Å². The summed E-state index contributed by atoms with van der Waals surface area (Å²) in [6, 6.07) is 5.65. The van der Waals surface area contributed by atoms with Crippen LogP contribution in [0.2, 0.25) is 0 Å². The van der Waals surface area contributed by atoms with Gasteiger partial charge in [0.1, 0.15) is 5.69 Å². The predicted octanol–water partition coefficient (Wildman–Crippen LogP) is 3.99. The van der Waals surface area contributed by atoms with Crippen molar-refractivity contribution >= 4 is 39.6 Å². The summed E-state index contributed by atoms with van der Waals surface area (Å²) in [5.74, 6) is 0.0638. The van der Waals surface area contributed by atoms with Gasteiger partial charge >= 0.3 is 0 Å². The molecule has 0 aromatic carbocycles. The lowest BCUT2D eigenvalue weighted by atomic mass is 9.95. The Morgan fingerprint density at radius 2 is 2.08 bits per heavy atom. The van der Waals surface area contributed by atoms with E-state index in [-0.39, 0.29) is 11.8 Å². The maximum atomic E-state index is 12.7. The maximum absolute atomic E-state index is 12.7. The number of thiophene rings is 1. The number of fused-ring (bicyclic) bond motifs is 1. The van der Waals surface area contributed by atoms with E-state index in [0.717, 1.165) is 21.0 Å². The summed E-state index contributed by atoms with van der Waals surface area (Å²) in [7, 11) is 0. The van der Waals surface area contributed by atoms with Crippen molar-refractivity contribution in [3.63, 3.8) is 0 Å². The van der Waals surface area contributed by atoms with E-state index in [1.807, 2.05) is 37.4 Å². The molecule has 7 heteroatoms. The fourth-order valence-corrected chi connectivity index (χ4v) is 3.86. The lowest BCUT2D eigenvalue weighted by Crippen LogP contribution is -2.42. The van der Waals surface area contributed by atoms with Crippen LogP contribution < -0.4 is 0 Å². The zero-order chi connectivity index (χ0) is 18.4. The number of aromatic amines is 1. The van der Waals surface area contributed by atoms with Crippen LogP contribution in [-0.4, -0.2) is 33.2 Å². The third-order valence-corrected chi connectivity index (χ3v) is 5.50. The molecule has 0 saturated carbocycles. The van der Waals surface area contributed by atoms with Crippen LogP contribution in [0.1, 0.15) is 25.6 Å². The molecule has 2 amide bonds. The van der Waals surface area contributed by atoms with Crippen LogP contribution in [-0.2, 0) is 9.59 Å². The molecule has 3 aromatic rings. The molecule has 132 valence electrons. The number of rotatable bonds is 3. The lowest BCUT2D eigenvalue weighted by molar-refractivity contribution is -0.140. The largest absolute Gasteiger partial charge is 0.434 e. The first-order chi connectivity index (χ1) is 12.5. The van der Waals surface area contributed by atoms with Gasteiger partial charge in [0.25, 0.3) is 11.8 Å². The second-order valence-electron chi connectivity index (χ2n) is 6.08. The summed E-state index contributed by atoms with van der Waals surface area (Å²) in [6.45, 7) is 5.72. The molecule has 6 nitrogen and oxygen atoms in total. The molecule has 1 aliphatic heterocycles. The van der Waals surface area contributed by atoms with Crippen LogP contribution in [0, 0.1) is 0 Å². The van der Waals surface area contributed by atoms with Crippen molar-refractivity contribution in [3.05, 3.63) is 46.0 Å². The summed E-state index contributed by atoms with van der Waals surface area (Å²) in [6.07, 6.45) is 3.63. The average molecular weight is 367 g/mol. The van der Waals surface area contributed by atoms with Gasteiger partial charge in [-0.15, -0.1) is 11.3 Å². The summed E-state index contributed by atoms with van der Waals surface area (Å²) < 4.78 is 5.79. The first kappa shape index (κ1) is 16.5. The standard InChI is InChI=1S/C19H17N3O3S/c1-4-22-18(23)11(3)10(2)13(19(22)24)8-12-9-15-17(26-12)21-16(25-15)14-6-5-7-20-14/h5-9,20H,4H2,1-3H3/b13-8-. The highest BCUT2D eigenvalue weighted by Gasteiger charge is 2.32. The van der Waals surface area contributed by atoms with Gasteiger partial charge in [-0.2, -0.15) is 4.98 Å². The Bertz CT molecular complexity index is 1050. The third-order valence-electron chi connectivity index (χ3n) is 4.55. The van der Waals surface area contributed by atoms with Gasteiger partial charge in [-0.25, -0.2) is 0 Å². The van der Waals surface area contributed by atoms with E-state index in [4.69, 9.17) is 4.42 Å². The average Bonchev–Trinajstić information content (AvgIpc) is 3.33. The SMILES string of the molecule is CCN1C(=O)C(C)=C(C)/C(=C/c2cc3oc(-c4ccc[nH]4)nc3s2)C1=O. The molecule has 1 aliphatic rings. The molecule has 1 N–H and O–H groups in total. The topological polar surface area (TPSA) is 79.2 Å². The van der Waals surface area contributed by atoms with Crippen molar-refractivity contribution in [2.45, 2.75) is 20.8 Å². The van der Waals surface area contributed by atoms with Gasteiger partial charge in [0.2, 0.25) is 5.89 Å². The summed E-state index contributed by atoms with van der Waals surface area (Å²) in [5, 5.41) is 0. The summed E-state index contributed by atoms with van der Waals surface area (Å²) in [4.78, 5) is 35.3. The third kappa shape index (κ3) is 2.52. The molecule has 0 unspecified atom stereocenters. The van der Waals surface area contributed by atoms with Crippen molar-refractivity contribution in [1.82, 2.24) is 14.9 Å². The van der Waals surface area contributed by atoms with Gasteiger partial charge in [-0.1, -0.05) is 0 Å². The molecule has 0 spiro atoms. The highest BCUT2D eigenvalue weighted by molar-refractivity contribution is 7.19. The highest BCUT2D eigenvalue weighted by atomic mass is 32.1. The van der Waals surface area contributed by atoms with Gasteiger partial charge in [0, 0.05) is 34.8 Å². The van der Waals surface area contributed by atoms with E-state index in [9.17, 15) is 9.59 Å². The quantitative estimate of drug-likeness (QED) is 0.561. The second-order valence-corrected chi connectivity index (χ2v) is 7.15. The molecule has 0 aliphatic carbocycles. The van der Waals surface area contributed by atoms with Crippen molar-refractivity contribution < 1.29 is 14.0 Å². The van der Waals surface area contributed by atoms with Crippen molar-refractivity contribution in [2.75, 3.05) is 6.54 Å². The second kappa shape index (κ2) is 6.10. The number of nitrogens with zero attached hydrogens (tertiary/aromatic N) is 2. The first-order valence-corrected chi connectivity index (χ1v) is 9.11. The van der Waals surface area contributed by atoms with Gasteiger partial charge in [0.05, 0.1) is 0 Å². The number of hydrogen-bond acceptors (Lipinski definition) is 5. The lowest BCUT2D eigenvalue weighted by Gasteiger charge is -2.27. The number of nitrogens with one attached hydrogen (secondary N) is 1. The molecule has 0 radical (unpaired) electrons. The first-order valence-electron chi connectivity index (χ1n) is 8.29. The minimum absolute atomic E-state index is 0.218. The molecule has 4 heterocycles. The molecular weight excluding hydrogens is 350 g/mol. The number of amides is 2. The number of aromatic nitrogens is 2. The van der Waals surface area contributed by atoms with Crippen LogP contribution in [0.3, 0.4) is 0 Å². The zero-order valence-corrected chi connectivity index (χ0v) is 15.4. The van der Waals surface area contributed by atoms with Crippen LogP contribution in [0.4, 0.5) is 0 Å². The number of likely N-dealkylation sites (N-methyl/N-ethyl adjacent to an activating group) is 1. The Labute approximate surface area is 153 Å². The zero-order valence-electron chi connectivity index (χ0n) is 14.6. The summed E-state index contributed by atoms with van der Waals surface area (Å²) in [5.41, 5.74) is 3.36. The minimum Gasteiger partial charge on any atom is -0.434 e. The van der Waals surface area contributed by atoms with Gasteiger partial charge in [-0.3, -0.25) is 14.5 Å². The number of hydrogen-bond donors (Lipinski definition) is 1. The Kier molecular flexibility index (Phi) is 3.88. The monoisotopic (exact) mass is 367 g/mol. The Morgan fingerprint density at radius 3 is 2.73 bits per heavy atom. The number of carbonyl (C=O) groups excluding carboxylic acids is 2. The number of imide groups is 1. The highest BCUT2D eigenvalue weighted by Crippen LogP contribution is 2.33. The van der Waals surface area contributed by atoms with Gasteiger partial charge in [-0.05, 0) is 44.6 Å². The van der Waals surface area contributed by atoms with Crippen LogP contribution in [0.5, 0.6) is 0 Å². The van der Waals surface area contributed by atoms with E-state index in [1.54, 1.807) is 13.8 Å². The molecular formula is C19H17N3O3S. The number of oxazole rings is 1. The molecule has 0 atom stereocenters. The van der Waals surface area contributed by atoms with Gasteiger partial charge in [0.15, 0.2) is 10.4 Å². The van der Waals surface area contributed by atoms with E-state index in [0.29, 0.717) is 29.2 Å². The Morgan fingerprint density at radius 1 is 1.27 bits per heavy atom. The van der Waals surface area contributed by atoms with Crippen LogP contribution in [0.15, 0.2) is 45.5 Å². The van der Waals surface area contributed by atoms with Crippen molar-refractivity contribution in [2.24, 2.45) is 0 Å². The Hall–Kier alpha value is -2.93. The molecule has 4 rings (SSSR count). The molecule has 3 aromatic heterocycles. The van der Waals surface area contributed by atoms with E-state index >= 15 is 0 Å². The summed E-state index contributed by atoms with van der Waals surface area (Å²) >= 11 is 1.45. The van der Waals surface area contributed by atoms with Gasteiger partial charge < -0.3 is 9.40 Å². The fraction of sp³-hybridized carbons (Fsp3) is 0.211. The van der Waals surface area contributed by atoms with Crippen LogP contribution in [0.25, 0.3) is 28.1 Å². The predicted molar refractivity (Wildman–Crippen MR) is 100 cm³/mol. The van der Waals surface area contributed by atoms with E-state index < -0.39 is 0 Å². The fourth-order valence-electron chi connectivity index (χ4n) is 2.96. The molecule has 0 bridgehead atoms. The molecule has 0 saturated heterocycles. The normalized spacial score (nSPS) is 17.2. The molecule has 0 fully saturated rings.